The van der Waals surface area contributed by atoms with E-state index in [0.29, 0.717) is 21.1 Å². The van der Waals surface area contributed by atoms with Gasteiger partial charge in [-0.1, -0.05) is 41.6 Å². The molecule has 2 aromatic heterocycles. The van der Waals surface area contributed by atoms with Gasteiger partial charge in [0.25, 0.3) is 5.56 Å². The van der Waals surface area contributed by atoms with E-state index < -0.39 is 0 Å². The third-order valence-corrected chi connectivity index (χ3v) is 5.12. The molecule has 0 saturated carbocycles. The number of carbonyl (C=O) groups excluding carboxylic acids is 1. The molecule has 0 spiro atoms. The van der Waals surface area contributed by atoms with E-state index in [2.05, 4.69) is 9.97 Å². The minimum atomic E-state index is -0.362. The summed E-state index contributed by atoms with van der Waals surface area (Å²) in [6.07, 6.45) is 0.255. The molecule has 1 amide bonds. The van der Waals surface area contributed by atoms with Crippen LogP contribution in [0.2, 0.25) is 0 Å². The lowest BCUT2D eigenvalue weighted by Crippen LogP contribution is -2.12. The van der Waals surface area contributed by atoms with Crippen molar-refractivity contribution in [2.75, 3.05) is 5.75 Å². The number of rotatable bonds is 5. The summed E-state index contributed by atoms with van der Waals surface area (Å²) in [7, 11) is 0. The summed E-state index contributed by atoms with van der Waals surface area (Å²) in [4.78, 5) is 31.1. The first-order chi connectivity index (χ1) is 11.0. The average Bonchev–Trinajstić information content (AvgIpc) is 2.92. The van der Waals surface area contributed by atoms with E-state index in [0.717, 1.165) is 11.1 Å². The van der Waals surface area contributed by atoms with Gasteiger partial charge in [0.2, 0.25) is 5.91 Å². The molecule has 2 heterocycles. The Morgan fingerprint density at radius 1 is 1.35 bits per heavy atom. The van der Waals surface area contributed by atoms with Crippen molar-refractivity contribution < 1.29 is 4.79 Å². The summed E-state index contributed by atoms with van der Waals surface area (Å²) in [5, 5.41) is 3.08. The predicted octanol–water partition coefficient (Wildman–Crippen LogP) is 2.93. The first-order valence-electron chi connectivity index (χ1n) is 7.04. The van der Waals surface area contributed by atoms with Crippen molar-refractivity contribution in [3.05, 3.63) is 45.6 Å². The lowest BCUT2D eigenvalue weighted by atomic mass is 10.1. The van der Waals surface area contributed by atoms with Crippen LogP contribution in [-0.2, 0) is 4.79 Å². The normalized spacial score (nSPS) is 11.0. The lowest BCUT2D eigenvalue weighted by molar-refractivity contribution is -0.117. The second-order valence-electron chi connectivity index (χ2n) is 5.13. The number of primary amides is 1. The van der Waals surface area contributed by atoms with E-state index in [1.807, 2.05) is 36.6 Å². The highest BCUT2D eigenvalue weighted by Crippen LogP contribution is 2.31. The number of H-pyrrole nitrogens is 1. The number of hydrogen-bond acceptors (Lipinski definition) is 5. The smallest absolute Gasteiger partial charge is 0.260 e. The number of nitrogens with zero attached hydrogens (tertiary/aromatic N) is 1. The molecule has 118 valence electrons. The number of fused-ring (bicyclic) bond motifs is 1. The molecule has 0 aliphatic rings. The predicted molar refractivity (Wildman–Crippen MR) is 94.9 cm³/mol. The standard InChI is InChI=1S/C16H15N3O2S2/c1-9-2-4-10(5-3-9)11-8-23-15-13(11)14(21)18-16(19-15)22-7-6-12(17)20/h2-5,8H,6-7H2,1H3,(H2,17,20)(H,18,19,21). The Hall–Kier alpha value is -2.12. The molecular formula is C16H15N3O2S2. The van der Waals surface area contributed by atoms with Gasteiger partial charge in [0.05, 0.1) is 5.39 Å². The maximum atomic E-state index is 12.4. The van der Waals surface area contributed by atoms with Crippen LogP contribution in [0.3, 0.4) is 0 Å². The van der Waals surface area contributed by atoms with E-state index >= 15 is 0 Å². The largest absolute Gasteiger partial charge is 0.370 e. The van der Waals surface area contributed by atoms with Gasteiger partial charge in [0, 0.05) is 23.1 Å². The summed E-state index contributed by atoms with van der Waals surface area (Å²) in [5.74, 6) is 0.138. The molecule has 5 nitrogen and oxygen atoms in total. The van der Waals surface area contributed by atoms with Gasteiger partial charge in [-0.15, -0.1) is 11.3 Å². The maximum Gasteiger partial charge on any atom is 0.260 e. The van der Waals surface area contributed by atoms with Crippen LogP contribution in [0.25, 0.3) is 21.3 Å². The first kappa shape index (κ1) is 15.8. The van der Waals surface area contributed by atoms with Crippen LogP contribution in [0.1, 0.15) is 12.0 Å². The Balaban J connectivity index is 1.96. The van der Waals surface area contributed by atoms with Crippen LogP contribution in [-0.4, -0.2) is 21.6 Å². The molecule has 3 N–H and O–H groups in total. The lowest BCUT2D eigenvalue weighted by Gasteiger charge is -2.02. The molecule has 0 atom stereocenters. The van der Waals surface area contributed by atoms with Crippen molar-refractivity contribution in [1.82, 2.24) is 9.97 Å². The molecule has 0 aliphatic carbocycles. The molecule has 0 aliphatic heterocycles. The number of aromatic nitrogens is 2. The fourth-order valence-electron chi connectivity index (χ4n) is 2.19. The number of thiophene rings is 1. The van der Waals surface area contributed by atoms with Gasteiger partial charge in [-0.2, -0.15) is 0 Å². The number of aryl methyl sites for hydroxylation is 1. The molecule has 3 rings (SSSR count). The number of benzene rings is 1. The fraction of sp³-hybridized carbons (Fsp3) is 0.188. The highest BCUT2D eigenvalue weighted by Gasteiger charge is 2.13. The number of nitrogens with one attached hydrogen (secondary N) is 1. The second-order valence-corrected chi connectivity index (χ2v) is 7.07. The zero-order valence-corrected chi connectivity index (χ0v) is 14.1. The first-order valence-corrected chi connectivity index (χ1v) is 8.91. The topological polar surface area (TPSA) is 88.8 Å². The summed E-state index contributed by atoms with van der Waals surface area (Å²) in [6, 6.07) is 8.06. The Kier molecular flexibility index (Phi) is 4.49. The van der Waals surface area contributed by atoms with Crippen molar-refractivity contribution >= 4 is 39.2 Å². The monoisotopic (exact) mass is 345 g/mol. The number of hydrogen-bond donors (Lipinski definition) is 2. The van der Waals surface area contributed by atoms with Crippen LogP contribution in [0.15, 0.2) is 39.6 Å². The molecule has 23 heavy (non-hydrogen) atoms. The molecule has 1 aromatic carbocycles. The van der Waals surface area contributed by atoms with Gasteiger partial charge in [-0.05, 0) is 12.5 Å². The van der Waals surface area contributed by atoms with Gasteiger partial charge in [-0.3, -0.25) is 9.59 Å². The van der Waals surface area contributed by atoms with Crippen molar-refractivity contribution in [1.29, 1.82) is 0 Å². The molecule has 7 heteroatoms. The molecule has 0 bridgehead atoms. The zero-order chi connectivity index (χ0) is 16.4. The van der Waals surface area contributed by atoms with Crippen LogP contribution < -0.4 is 11.3 Å². The van der Waals surface area contributed by atoms with Crippen molar-refractivity contribution in [3.63, 3.8) is 0 Å². The fourth-order valence-corrected chi connectivity index (χ4v) is 4.01. The molecule has 0 saturated heterocycles. The van der Waals surface area contributed by atoms with Gasteiger partial charge in [-0.25, -0.2) is 4.98 Å². The van der Waals surface area contributed by atoms with Crippen LogP contribution in [0, 0.1) is 6.92 Å². The van der Waals surface area contributed by atoms with Crippen molar-refractivity contribution in [2.24, 2.45) is 5.73 Å². The minimum Gasteiger partial charge on any atom is -0.370 e. The summed E-state index contributed by atoms with van der Waals surface area (Å²) >= 11 is 2.77. The summed E-state index contributed by atoms with van der Waals surface area (Å²) in [5.41, 5.74) is 8.03. The average molecular weight is 345 g/mol. The van der Waals surface area contributed by atoms with Crippen molar-refractivity contribution in [2.45, 2.75) is 18.5 Å². The van der Waals surface area contributed by atoms with Gasteiger partial charge in [0.1, 0.15) is 4.83 Å². The summed E-state index contributed by atoms with van der Waals surface area (Å²) < 4.78 is 0. The third kappa shape index (κ3) is 3.46. The number of amides is 1. The summed E-state index contributed by atoms with van der Waals surface area (Å²) in [6.45, 7) is 2.03. The molecule has 0 unspecified atom stereocenters. The minimum absolute atomic E-state index is 0.159. The van der Waals surface area contributed by atoms with E-state index in [1.165, 1.54) is 28.7 Å². The van der Waals surface area contributed by atoms with E-state index in [9.17, 15) is 9.59 Å². The number of nitrogens with two attached hydrogens (primary N) is 1. The van der Waals surface area contributed by atoms with E-state index in [-0.39, 0.29) is 17.9 Å². The Labute approximate surface area is 140 Å². The number of carbonyl (C=O) groups is 1. The van der Waals surface area contributed by atoms with Crippen LogP contribution in [0.4, 0.5) is 0 Å². The number of thioether (sulfide) groups is 1. The van der Waals surface area contributed by atoms with Crippen LogP contribution in [0.5, 0.6) is 0 Å². The SMILES string of the molecule is Cc1ccc(-c2csc3nc(SCCC(N)=O)[nH]c(=O)c23)cc1. The van der Waals surface area contributed by atoms with Gasteiger partial charge >= 0.3 is 0 Å². The maximum absolute atomic E-state index is 12.4. The molecule has 0 radical (unpaired) electrons. The van der Waals surface area contributed by atoms with E-state index in [4.69, 9.17) is 5.73 Å². The Morgan fingerprint density at radius 2 is 2.09 bits per heavy atom. The zero-order valence-electron chi connectivity index (χ0n) is 12.5. The van der Waals surface area contributed by atoms with Gasteiger partial charge in [0.15, 0.2) is 5.16 Å². The third-order valence-electron chi connectivity index (χ3n) is 3.37. The number of aromatic amines is 1. The highest BCUT2D eigenvalue weighted by atomic mass is 32.2. The Morgan fingerprint density at radius 3 is 2.78 bits per heavy atom. The second kappa shape index (κ2) is 6.55. The quantitative estimate of drug-likeness (QED) is 0.550. The van der Waals surface area contributed by atoms with E-state index in [1.54, 1.807) is 0 Å². The Bertz CT molecular complexity index is 913. The highest BCUT2D eigenvalue weighted by molar-refractivity contribution is 7.99. The molecule has 0 fully saturated rings. The molecule has 3 aromatic rings. The van der Waals surface area contributed by atoms with Crippen molar-refractivity contribution in [3.8, 4) is 11.1 Å². The molecular weight excluding hydrogens is 330 g/mol. The van der Waals surface area contributed by atoms with Gasteiger partial charge < -0.3 is 10.7 Å². The van der Waals surface area contributed by atoms with Crippen LogP contribution >= 0.6 is 23.1 Å².